The molecule has 7 nitrogen and oxygen atoms in total. The first-order chi connectivity index (χ1) is 16.0. The fraction of sp³-hybridized carbons (Fsp3) is 0.375. The van der Waals surface area contributed by atoms with E-state index in [1.54, 1.807) is 25.3 Å². The predicted molar refractivity (Wildman–Crippen MR) is 130 cm³/mol. The number of carbonyl (C=O) groups is 1. The molecule has 33 heavy (non-hydrogen) atoms. The molecule has 0 spiro atoms. The van der Waals surface area contributed by atoms with Gasteiger partial charge in [-0.15, -0.1) is 0 Å². The summed E-state index contributed by atoms with van der Waals surface area (Å²) in [6.07, 6.45) is 6.91. The van der Waals surface area contributed by atoms with Crippen LogP contribution in [0.15, 0.2) is 42.5 Å². The van der Waals surface area contributed by atoms with Crippen LogP contribution < -0.4 is 26.0 Å². The Kier molecular flexibility index (Phi) is 7.69. The minimum Gasteiger partial charge on any atom is -0.494 e. The lowest BCUT2D eigenvalue weighted by atomic mass is 10.1. The summed E-state index contributed by atoms with van der Waals surface area (Å²) in [5.74, 6) is -0.120. The number of anilines is 3. The summed E-state index contributed by atoms with van der Waals surface area (Å²) in [6, 6.07) is 8.22. The Morgan fingerprint density at radius 3 is 2.85 bits per heavy atom. The molecule has 2 aliphatic heterocycles. The summed E-state index contributed by atoms with van der Waals surface area (Å²) >= 11 is 5.92. The van der Waals surface area contributed by atoms with Crippen molar-refractivity contribution < 1.29 is 13.9 Å². The number of nitrogens with one attached hydrogen (secondary N) is 4. The van der Waals surface area contributed by atoms with Crippen molar-refractivity contribution in [2.75, 3.05) is 49.4 Å². The monoisotopic (exact) mass is 473 g/mol. The molecule has 2 aromatic carbocycles. The average Bonchev–Trinajstić information content (AvgIpc) is 2.82. The average molecular weight is 474 g/mol. The van der Waals surface area contributed by atoms with Crippen LogP contribution in [0.1, 0.15) is 31.0 Å². The highest BCUT2D eigenvalue weighted by Gasteiger charge is 2.23. The number of piperidine rings is 1. The Hall–Kier alpha value is -2.81. The molecule has 176 valence electrons. The molecule has 4 rings (SSSR count). The molecule has 1 saturated heterocycles. The first kappa shape index (κ1) is 23.4. The topological polar surface area (TPSA) is 77.7 Å². The Morgan fingerprint density at radius 2 is 2.09 bits per heavy atom. The lowest BCUT2D eigenvalue weighted by Crippen LogP contribution is -2.37. The number of halogens is 2. The minimum absolute atomic E-state index is 0.0492. The Labute approximate surface area is 198 Å². The Bertz CT molecular complexity index is 1030. The highest BCUT2D eigenvalue weighted by Crippen LogP contribution is 2.37. The van der Waals surface area contributed by atoms with Gasteiger partial charge in [0.1, 0.15) is 17.7 Å². The summed E-state index contributed by atoms with van der Waals surface area (Å²) < 4.78 is 19.0. The number of carbonyl (C=O) groups excluding carboxylic acids is 1. The van der Waals surface area contributed by atoms with Crippen molar-refractivity contribution in [3.63, 3.8) is 0 Å². The second-order valence-electron chi connectivity index (χ2n) is 8.16. The molecular formula is C24H29ClFN5O2. The molecule has 4 N–H and O–H groups in total. The number of hydrogen-bond acceptors (Lipinski definition) is 6. The van der Waals surface area contributed by atoms with Gasteiger partial charge in [0.05, 0.1) is 24.5 Å². The van der Waals surface area contributed by atoms with E-state index < -0.39 is 5.82 Å². The number of methoxy groups -OCH3 is 1. The van der Waals surface area contributed by atoms with E-state index >= 15 is 0 Å². The number of fused-ring (bicyclic) bond motifs is 1. The molecule has 1 fully saturated rings. The maximum absolute atomic E-state index is 13.5. The molecule has 0 aromatic heterocycles. The van der Waals surface area contributed by atoms with Crippen LogP contribution in [0.4, 0.5) is 21.5 Å². The number of nitrogens with zero attached hydrogens (tertiary/aromatic N) is 1. The lowest BCUT2D eigenvalue weighted by molar-refractivity contribution is -0.111. The molecule has 9 heteroatoms. The van der Waals surface area contributed by atoms with Crippen LogP contribution in [0.5, 0.6) is 5.75 Å². The molecule has 1 unspecified atom stereocenters. The van der Waals surface area contributed by atoms with E-state index in [0.717, 1.165) is 30.9 Å². The van der Waals surface area contributed by atoms with Crippen LogP contribution in [-0.2, 0) is 4.79 Å². The van der Waals surface area contributed by atoms with Crippen molar-refractivity contribution in [3.05, 3.63) is 58.9 Å². The van der Waals surface area contributed by atoms with Crippen LogP contribution in [0, 0.1) is 5.82 Å². The van der Waals surface area contributed by atoms with Gasteiger partial charge in [0, 0.05) is 35.6 Å². The van der Waals surface area contributed by atoms with Crippen molar-refractivity contribution in [2.45, 2.75) is 25.4 Å². The summed E-state index contributed by atoms with van der Waals surface area (Å²) in [4.78, 5) is 14.9. The highest BCUT2D eigenvalue weighted by molar-refractivity contribution is 6.31. The van der Waals surface area contributed by atoms with E-state index in [1.165, 1.54) is 25.3 Å². The molecule has 0 saturated carbocycles. The standard InChI is InChI=1S/C24H29ClFN5O2/c1-33-22-14-20-17(24(28-15-27-20)29-16-7-8-19(26)18(25)12-16)13-21(22)30-23(32)6-5-11-31-9-3-2-4-10-31/h5-8,12-14,24,27-29H,2-4,9-11,15H2,1H3,(H,30,32)/b6-5+. The SMILES string of the molecule is COc1cc2c(cc1NC(=O)/C=C/CN1CCCCC1)C(Nc1ccc(F)c(Cl)c1)NCN2. The van der Waals surface area contributed by atoms with Gasteiger partial charge >= 0.3 is 0 Å². The van der Waals surface area contributed by atoms with E-state index in [0.29, 0.717) is 23.8 Å². The smallest absolute Gasteiger partial charge is 0.248 e. The maximum atomic E-state index is 13.5. The number of hydrogen-bond donors (Lipinski definition) is 4. The van der Waals surface area contributed by atoms with E-state index in [4.69, 9.17) is 16.3 Å². The molecule has 2 heterocycles. The fourth-order valence-electron chi connectivity index (χ4n) is 4.12. The van der Waals surface area contributed by atoms with Gasteiger partial charge in [0.15, 0.2) is 0 Å². The van der Waals surface area contributed by atoms with E-state index in [2.05, 4.69) is 26.2 Å². The van der Waals surface area contributed by atoms with Gasteiger partial charge in [-0.3, -0.25) is 15.0 Å². The number of benzene rings is 2. The molecule has 0 aliphatic carbocycles. The summed E-state index contributed by atoms with van der Waals surface area (Å²) in [7, 11) is 1.57. The minimum atomic E-state index is -0.469. The molecule has 0 bridgehead atoms. The third kappa shape index (κ3) is 5.96. The summed E-state index contributed by atoms with van der Waals surface area (Å²) in [6.45, 7) is 3.46. The molecule has 2 aromatic rings. The van der Waals surface area contributed by atoms with Gasteiger partial charge in [0.2, 0.25) is 5.91 Å². The zero-order valence-electron chi connectivity index (χ0n) is 18.6. The molecule has 2 aliphatic rings. The Balaban J connectivity index is 1.48. The normalized spacial score (nSPS) is 18.5. The van der Waals surface area contributed by atoms with E-state index in [1.807, 2.05) is 18.2 Å². The van der Waals surface area contributed by atoms with E-state index in [9.17, 15) is 9.18 Å². The van der Waals surface area contributed by atoms with E-state index in [-0.39, 0.29) is 17.1 Å². The van der Waals surface area contributed by atoms with Gasteiger partial charge < -0.3 is 20.7 Å². The molecule has 1 atom stereocenters. The van der Waals surface area contributed by atoms with Crippen LogP contribution in [0.2, 0.25) is 5.02 Å². The van der Waals surface area contributed by atoms with Gasteiger partial charge in [-0.2, -0.15) is 0 Å². The molecule has 1 amide bonds. The number of ether oxygens (including phenoxy) is 1. The fourth-order valence-corrected chi connectivity index (χ4v) is 4.30. The number of likely N-dealkylation sites (tertiary alicyclic amines) is 1. The first-order valence-corrected chi connectivity index (χ1v) is 11.5. The van der Waals surface area contributed by atoms with Crippen LogP contribution in [-0.4, -0.2) is 44.2 Å². The van der Waals surface area contributed by atoms with Crippen molar-refractivity contribution in [2.24, 2.45) is 0 Å². The van der Waals surface area contributed by atoms with Crippen LogP contribution in [0.25, 0.3) is 0 Å². The van der Waals surface area contributed by atoms with Crippen LogP contribution in [0.3, 0.4) is 0 Å². The van der Waals surface area contributed by atoms with Gasteiger partial charge in [-0.05, 0) is 50.2 Å². The molecule has 0 radical (unpaired) electrons. The number of rotatable bonds is 7. The second kappa shape index (κ2) is 10.9. The zero-order chi connectivity index (χ0) is 23.2. The maximum Gasteiger partial charge on any atom is 0.248 e. The zero-order valence-corrected chi connectivity index (χ0v) is 19.3. The largest absolute Gasteiger partial charge is 0.494 e. The van der Waals surface area contributed by atoms with Crippen molar-refractivity contribution in [1.29, 1.82) is 0 Å². The third-order valence-corrected chi connectivity index (χ3v) is 6.13. The van der Waals surface area contributed by atoms with Crippen molar-refractivity contribution in [1.82, 2.24) is 10.2 Å². The quantitative estimate of drug-likeness (QED) is 0.442. The van der Waals surface area contributed by atoms with Gasteiger partial charge in [-0.1, -0.05) is 24.1 Å². The second-order valence-corrected chi connectivity index (χ2v) is 8.56. The van der Waals surface area contributed by atoms with Crippen molar-refractivity contribution >= 4 is 34.6 Å². The first-order valence-electron chi connectivity index (χ1n) is 11.1. The third-order valence-electron chi connectivity index (χ3n) is 5.84. The van der Waals surface area contributed by atoms with Gasteiger partial charge in [-0.25, -0.2) is 4.39 Å². The highest BCUT2D eigenvalue weighted by atomic mass is 35.5. The molecular weight excluding hydrogens is 445 g/mol. The van der Waals surface area contributed by atoms with Crippen molar-refractivity contribution in [3.8, 4) is 5.75 Å². The summed E-state index contributed by atoms with van der Waals surface area (Å²) in [5.41, 5.74) is 3.00. The predicted octanol–water partition coefficient (Wildman–Crippen LogP) is 4.55. The summed E-state index contributed by atoms with van der Waals surface area (Å²) in [5, 5.41) is 12.9. The lowest BCUT2D eigenvalue weighted by Gasteiger charge is -2.30. The number of amides is 1. The van der Waals surface area contributed by atoms with Crippen LogP contribution >= 0.6 is 11.6 Å². The van der Waals surface area contributed by atoms with Gasteiger partial charge in [0.25, 0.3) is 0 Å². The Morgan fingerprint density at radius 1 is 1.27 bits per heavy atom.